The molecule has 7 nitrogen and oxygen atoms in total. The Kier molecular flexibility index (Phi) is 10.9. The first-order chi connectivity index (χ1) is 20.0. The van der Waals surface area contributed by atoms with Crippen molar-refractivity contribution in [2.75, 3.05) is 17.1 Å². The molecule has 0 heterocycles. The summed E-state index contributed by atoms with van der Waals surface area (Å²) in [7, 11) is -3.84. The molecule has 1 saturated carbocycles. The van der Waals surface area contributed by atoms with Crippen LogP contribution in [0.1, 0.15) is 48.8 Å². The van der Waals surface area contributed by atoms with Crippen LogP contribution in [-0.2, 0) is 32.6 Å². The van der Waals surface area contributed by atoms with Gasteiger partial charge in [0.1, 0.15) is 12.6 Å². The molecule has 1 unspecified atom stereocenters. The Morgan fingerprint density at radius 1 is 0.952 bits per heavy atom. The lowest BCUT2D eigenvalue weighted by atomic mass is 9.94. The maximum absolute atomic E-state index is 14.3. The average molecular weight is 631 g/mol. The summed E-state index contributed by atoms with van der Waals surface area (Å²) in [4.78, 5) is 29.7. The summed E-state index contributed by atoms with van der Waals surface area (Å²) < 4.78 is 27.1. The highest BCUT2D eigenvalue weighted by atomic mass is 35.5. The van der Waals surface area contributed by atoms with Crippen molar-refractivity contribution in [3.8, 4) is 0 Å². The summed E-state index contributed by atoms with van der Waals surface area (Å²) in [6.45, 7) is 1.31. The van der Waals surface area contributed by atoms with E-state index < -0.39 is 28.5 Å². The molecule has 3 aromatic carbocycles. The standard InChI is InChI=1S/C32H37Cl2N3O4S/c1-23-11-9-10-16-29(23)37(42(2,40)41)22-31(38)36(21-25-17-18-26(33)20-28(25)34)30(19-24-12-5-3-6-13-24)32(39)35-27-14-7-4-8-15-27/h3,5-6,9-13,16-18,20,27,30H,4,7-8,14-15,19,21-22H2,1-2H3,(H,35,39). The highest BCUT2D eigenvalue weighted by molar-refractivity contribution is 7.92. The van der Waals surface area contributed by atoms with Gasteiger partial charge in [0.05, 0.1) is 11.9 Å². The Balaban J connectivity index is 1.75. The Morgan fingerprint density at radius 2 is 1.62 bits per heavy atom. The van der Waals surface area contributed by atoms with E-state index >= 15 is 0 Å². The quantitative estimate of drug-likeness (QED) is 0.275. The Labute approximate surface area is 258 Å². The van der Waals surface area contributed by atoms with E-state index in [1.54, 1.807) is 49.4 Å². The zero-order valence-electron chi connectivity index (χ0n) is 23.9. The summed E-state index contributed by atoms with van der Waals surface area (Å²) in [5, 5.41) is 3.99. The lowest BCUT2D eigenvalue weighted by Crippen LogP contribution is -2.55. The zero-order chi connectivity index (χ0) is 30.3. The third-order valence-electron chi connectivity index (χ3n) is 7.64. The van der Waals surface area contributed by atoms with Gasteiger partial charge in [0.15, 0.2) is 0 Å². The van der Waals surface area contributed by atoms with E-state index in [0.29, 0.717) is 26.9 Å². The smallest absolute Gasteiger partial charge is 0.244 e. The van der Waals surface area contributed by atoms with Crippen LogP contribution in [0.2, 0.25) is 10.0 Å². The Hall–Kier alpha value is -3.07. The van der Waals surface area contributed by atoms with E-state index in [9.17, 15) is 18.0 Å². The van der Waals surface area contributed by atoms with Crippen molar-refractivity contribution in [3.05, 3.63) is 99.5 Å². The van der Waals surface area contributed by atoms with Crippen LogP contribution in [0.4, 0.5) is 5.69 Å². The van der Waals surface area contributed by atoms with Crippen molar-refractivity contribution in [1.82, 2.24) is 10.2 Å². The van der Waals surface area contributed by atoms with Crippen molar-refractivity contribution in [1.29, 1.82) is 0 Å². The molecule has 0 saturated heterocycles. The van der Waals surface area contributed by atoms with Gasteiger partial charge in [-0.3, -0.25) is 13.9 Å². The maximum Gasteiger partial charge on any atom is 0.244 e. The van der Waals surface area contributed by atoms with Gasteiger partial charge in [-0.2, -0.15) is 0 Å². The number of carbonyl (C=O) groups excluding carboxylic acids is 2. The minimum absolute atomic E-state index is 0.00417. The lowest BCUT2D eigenvalue weighted by Gasteiger charge is -2.35. The largest absolute Gasteiger partial charge is 0.352 e. The summed E-state index contributed by atoms with van der Waals surface area (Å²) in [5.74, 6) is -0.791. The number of sulfonamides is 1. The number of rotatable bonds is 11. The topological polar surface area (TPSA) is 86.8 Å². The minimum atomic E-state index is -3.84. The van der Waals surface area contributed by atoms with Crippen molar-refractivity contribution >= 4 is 50.7 Å². The van der Waals surface area contributed by atoms with E-state index in [0.717, 1.165) is 48.2 Å². The molecule has 3 aromatic rings. The van der Waals surface area contributed by atoms with E-state index in [-0.39, 0.29) is 24.9 Å². The fourth-order valence-corrected chi connectivity index (χ4v) is 6.75. The molecular formula is C32H37Cl2N3O4S. The van der Waals surface area contributed by atoms with Gasteiger partial charge >= 0.3 is 0 Å². The van der Waals surface area contributed by atoms with Gasteiger partial charge in [-0.15, -0.1) is 0 Å². The molecule has 1 N–H and O–H groups in total. The Morgan fingerprint density at radius 3 is 2.26 bits per heavy atom. The van der Waals surface area contributed by atoms with Crippen LogP contribution in [0.15, 0.2) is 72.8 Å². The second-order valence-corrected chi connectivity index (χ2v) is 13.6. The number of halogens is 2. The maximum atomic E-state index is 14.3. The Bertz CT molecular complexity index is 1490. The molecule has 42 heavy (non-hydrogen) atoms. The summed E-state index contributed by atoms with van der Waals surface area (Å²) >= 11 is 12.7. The number of benzene rings is 3. The predicted molar refractivity (Wildman–Crippen MR) is 169 cm³/mol. The zero-order valence-corrected chi connectivity index (χ0v) is 26.3. The molecular weight excluding hydrogens is 593 g/mol. The molecule has 0 aromatic heterocycles. The van der Waals surface area contributed by atoms with Crippen LogP contribution >= 0.6 is 23.2 Å². The molecule has 1 aliphatic carbocycles. The van der Waals surface area contributed by atoms with Gasteiger partial charge in [-0.1, -0.05) is 97.1 Å². The lowest BCUT2D eigenvalue weighted by molar-refractivity contribution is -0.140. The first-order valence-corrected chi connectivity index (χ1v) is 16.7. The summed E-state index contributed by atoms with van der Waals surface area (Å²) in [5.41, 5.74) is 2.59. The number of hydrogen-bond donors (Lipinski definition) is 1. The average Bonchev–Trinajstić information content (AvgIpc) is 2.95. The minimum Gasteiger partial charge on any atom is -0.352 e. The summed E-state index contributed by atoms with van der Waals surface area (Å²) in [6.07, 6.45) is 6.31. The number of nitrogens with one attached hydrogen (secondary N) is 1. The van der Waals surface area contributed by atoms with E-state index in [1.807, 2.05) is 30.3 Å². The number of anilines is 1. The fourth-order valence-electron chi connectivity index (χ4n) is 5.37. The number of carbonyl (C=O) groups is 2. The molecule has 4 rings (SSSR count). The van der Waals surface area contributed by atoms with Crippen molar-refractivity contribution in [2.24, 2.45) is 0 Å². The van der Waals surface area contributed by atoms with E-state index in [4.69, 9.17) is 23.2 Å². The third kappa shape index (κ3) is 8.49. The fraction of sp³-hybridized carbons (Fsp3) is 0.375. The van der Waals surface area contributed by atoms with Crippen LogP contribution in [0.25, 0.3) is 0 Å². The van der Waals surface area contributed by atoms with Crippen molar-refractivity contribution in [2.45, 2.75) is 64.1 Å². The third-order valence-corrected chi connectivity index (χ3v) is 9.36. The molecule has 0 radical (unpaired) electrons. The van der Waals surface area contributed by atoms with Gasteiger partial charge in [0.2, 0.25) is 21.8 Å². The number of amides is 2. The predicted octanol–water partition coefficient (Wildman–Crippen LogP) is 6.16. The van der Waals surface area contributed by atoms with Gasteiger partial charge in [0.25, 0.3) is 0 Å². The molecule has 1 fully saturated rings. The van der Waals surface area contributed by atoms with Gasteiger partial charge in [-0.05, 0) is 54.7 Å². The van der Waals surface area contributed by atoms with Crippen LogP contribution in [0.5, 0.6) is 0 Å². The van der Waals surface area contributed by atoms with Gasteiger partial charge in [0, 0.05) is 29.1 Å². The molecule has 0 aliphatic heterocycles. The highest BCUT2D eigenvalue weighted by Crippen LogP contribution is 2.27. The number of hydrogen-bond acceptors (Lipinski definition) is 4. The monoisotopic (exact) mass is 629 g/mol. The van der Waals surface area contributed by atoms with Gasteiger partial charge in [-0.25, -0.2) is 8.42 Å². The molecule has 1 aliphatic rings. The molecule has 1 atom stereocenters. The molecule has 224 valence electrons. The first kappa shape index (κ1) is 31.9. The molecule has 0 spiro atoms. The molecule has 2 amide bonds. The van der Waals surface area contributed by atoms with Crippen LogP contribution in [0.3, 0.4) is 0 Å². The SMILES string of the molecule is Cc1ccccc1N(CC(=O)N(Cc1ccc(Cl)cc1Cl)C(Cc1ccccc1)C(=O)NC1CCCCC1)S(C)(=O)=O. The summed E-state index contributed by atoms with van der Waals surface area (Å²) in [6, 6.07) is 20.6. The molecule has 0 bridgehead atoms. The highest BCUT2D eigenvalue weighted by Gasteiger charge is 2.34. The van der Waals surface area contributed by atoms with E-state index in [2.05, 4.69) is 5.32 Å². The van der Waals surface area contributed by atoms with Gasteiger partial charge < -0.3 is 10.2 Å². The van der Waals surface area contributed by atoms with Crippen LogP contribution < -0.4 is 9.62 Å². The normalized spacial score (nSPS) is 14.7. The van der Waals surface area contributed by atoms with Crippen molar-refractivity contribution in [3.63, 3.8) is 0 Å². The second kappa shape index (κ2) is 14.4. The molecule has 10 heteroatoms. The number of aryl methyl sites for hydroxylation is 1. The van der Waals surface area contributed by atoms with Crippen LogP contribution in [0, 0.1) is 6.92 Å². The van der Waals surface area contributed by atoms with Crippen molar-refractivity contribution < 1.29 is 18.0 Å². The van der Waals surface area contributed by atoms with Crippen LogP contribution in [-0.4, -0.2) is 50.0 Å². The second-order valence-electron chi connectivity index (χ2n) is 10.9. The first-order valence-electron chi connectivity index (χ1n) is 14.1. The van der Waals surface area contributed by atoms with E-state index in [1.165, 1.54) is 4.90 Å². The number of para-hydroxylation sites is 1. The number of nitrogens with zero attached hydrogens (tertiary/aromatic N) is 2.